The molecule has 1 amide bonds. The van der Waals surface area contributed by atoms with Crippen molar-refractivity contribution in [1.82, 2.24) is 5.43 Å². The standard InChI is InChI=1S/C11H8N4O2/c12-6-5-9-14-15-11(17-9)7-3-1-2-4-8(7)13-10(11)16/h1-4,15H,5H2,(H,13,16)/t11-/m0/s1. The van der Waals surface area contributed by atoms with Gasteiger partial charge >= 0.3 is 5.72 Å². The Kier molecular flexibility index (Phi) is 1.83. The van der Waals surface area contributed by atoms with E-state index in [2.05, 4.69) is 15.8 Å². The van der Waals surface area contributed by atoms with Gasteiger partial charge in [0, 0.05) is 0 Å². The quantitative estimate of drug-likeness (QED) is 0.738. The van der Waals surface area contributed by atoms with Crippen molar-refractivity contribution in [3.63, 3.8) is 0 Å². The lowest BCUT2D eigenvalue weighted by molar-refractivity contribution is -0.133. The van der Waals surface area contributed by atoms with Crippen LogP contribution in [0.1, 0.15) is 12.0 Å². The van der Waals surface area contributed by atoms with Crippen molar-refractivity contribution in [2.45, 2.75) is 12.1 Å². The Morgan fingerprint density at radius 3 is 3.12 bits per heavy atom. The normalized spacial score (nSPS) is 24.4. The Hall–Kier alpha value is -2.55. The van der Waals surface area contributed by atoms with Crippen LogP contribution in [-0.4, -0.2) is 11.8 Å². The van der Waals surface area contributed by atoms with E-state index in [0.29, 0.717) is 11.3 Å². The zero-order chi connectivity index (χ0) is 11.9. The fourth-order valence-corrected chi connectivity index (χ4v) is 1.95. The lowest BCUT2D eigenvalue weighted by atomic mass is 10.1. The summed E-state index contributed by atoms with van der Waals surface area (Å²) >= 11 is 0. The Morgan fingerprint density at radius 1 is 1.47 bits per heavy atom. The smallest absolute Gasteiger partial charge is 0.304 e. The van der Waals surface area contributed by atoms with Crippen molar-refractivity contribution in [3.05, 3.63) is 29.8 Å². The Balaban J connectivity index is 2.01. The molecule has 0 radical (unpaired) electrons. The number of benzene rings is 1. The summed E-state index contributed by atoms with van der Waals surface area (Å²) in [6.07, 6.45) is 0.0319. The summed E-state index contributed by atoms with van der Waals surface area (Å²) in [4.78, 5) is 12.0. The van der Waals surface area contributed by atoms with E-state index in [4.69, 9.17) is 10.00 Å². The van der Waals surface area contributed by atoms with Crippen LogP contribution in [0.4, 0.5) is 5.69 Å². The molecule has 0 aromatic heterocycles. The lowest BCUT2D eigenvalue weighted by Crippen LogP contribution is -2.44. The van der Waals surface area contributed by atoms with Crippen LogP contribution in [-0.2, 0) is 15.3 Å². The van der Waals surface area contributed by atoms with Crippen molar-refractivity contribution in [2.24, 2.45) is 5.10 Å². The topological polar surface area (TPSA) is 86.5 Å². The number of hydrogen-bond acceptors (Lipinski definition) is 5. The van der Waals surface area contributed by atoms with E-state index in [0.717, 1.165) is 0 Å². The van der Waals surface area contributed by atoms with Crippen molar-refractivity contribution in [1.29, 1.82) is 5.26 Å². The molecule has 0 unspecified atom stereocenters. The summed E-state index contributed by atoms with van der Waals surface area (Å²) in [6, 6.07) is 9.13. The van der Waals surface area contributed by atoms with Gasteiger partial charge in [-0.3, -0.25) is 10.2 Å². The van der Waals surface area contributed by atoms with Crippen LogP contribution in [0.5, 0.6) is 0 Å². The number of ether oxygens (including phenoxy) is 1. The van der Waals surface area contributed by atoms with Crippen LogP contribution in [0.2, 0.25) is 0 Å². The van der Waals surface area contributed by atoms with Gasteiger partial charge in [0.05, 0.1) is 17.3 Å². The third kappa shape index (κ3) is 1.19. The van der Waals surface area contributed by atoms with Gasteiger partial charge in [0.15, 0.2) is 0 Å². The summed E-state index contributed by atoms with van der Waals surface area (Å²) < 4.78 is 5.49. The van der Waals surface area contributed by atoms with E-state index in [1.807, 2.05) is 18.2 Å². The maximum atomic E-state index is 12.0. The maximum Gasteiger partial charge on any atom is 0.304 e. The van der Waals surface area contributed by atoms with Crippen molar-refractivity contribution < 1.29 is 9.53 Å². The Labute approximate surface area is 96.9 Å². The van der Waals surface area contributed by atoms with Crippen molar-refractivity contribution in [2.75, 3.05) is 5.32 Å². The summed E-state index contributed by atoms with van der Waals surface area (Å²) in [5.74, 6) is -0.102. The molecule has 2 heterocycles. The first kappa shape index (κ1) is 9.66. The summed E-state index contributed by atoms with van der Waals surface area (Å²) in [5, 5.41) is 15.2. The molecule has 6 heteroatoms. The molecule has 1 atom stereocenters. The molecular formula is C11H8N4O2. The summed E-state index contributed by atoms with van der Waals surface area (Å²) in [5.41, 5.74) is 2.75. The molecule has 1 aromatic rings. The minimum absolute atomic E-state index is 0.0319. The molecule has 84 valence electrons. The van der Waals surface area contributed by atoms with E-state index in [9.17, 15) is 4.79 Å². The molecule has 2 aliphatic rings. The Morgan fingerprint density at radius 2 is 2.29 bits per heavy atom. The molecule has 1 spiro atoms. The van der Waals surface area contributed by atoms with Crippen LogP contribution >= 0.6 is 0 Å². The largest absolute Gasteiger partial charge is 0.437 e. The summed E-state index contributed by atoms with van der Waals surface area (Å²) in [6.45, 7) is 0. The van der Waals surface area contributed by atoms with Crippen LogP contribution < -0.4 is 10.7 Å². The van der Waals surface area contributed by atoms with E-state index in [-0.39, 0.29) is 18.2 Å². The maximum absolute atomic E-state index is 12.0. The second kappa shape index (κ2) is 3.22. The monoisotopic (exact) mass is 228 g/mol. The first-order valence-electron chi connectivity index (χ1n) is 5.07. The number of hydrazone groups is 1. The number of fused-ring (bicyclic) bond motifs is 2. The highest BCUT2D eigenvalue weighted by atomic mass is 16.6. The molecule has 2 aliphatic heterocycles. The molecule has 0 fully saturated rings. The minimum Gasteiger partial charge on any atom is -0.437 e. The highest BCUT2D eigenvalue weighted by Gasteiger charge is 2.53. The predicted octanol–water partition coefficient (Wildman–Crippen LogP) is 0.638. The van der Waals surface area contributed by atoms with Crippen molar-refractivity contribution >= 4 is 17.5 Å². The molecule has 1 aromatic carbocycles. The van der Waals surface area contributed by atoms with Gasteiger partial charge in [-0.2, -0.15) is 5.26 Å². The average molecular weight is 228 g/mol. The van der Waals surface area contributed by atoms with Crippen LogP contribution in [0.25, 0.3) is 0 Å². The molecule has 0 saturated carbocycles. The number of carbonyl (C=O) groups is 1. The highest BCUT2D eigenvalue weighted by molar-refractivity contribution is 6.06. The number of nitriles is 1. The molecule has 0 saturated heterocycles. The van der Waals surface area contributed by atoms with Gasteiger partial charge < -0.3 is 10.1 Å². The van der Waals surface area contributed by atoms with Gasteiger partial charge in [-0.05, 0) is 6.07 Å². The van der Waals surface area contributed by atoms with Gasteiger partial charge in [0.1, 0.15) is 6.42 Å². The minimum atomic E-state index is -1.30. The molecule has 17 heavy (non-hydrogen) atoms. The SMILES string of the molecule is N#CCC1=NN[C@@]2(O1)C(=O)Nc1ccccc12. The van der Waals surface area contributed by atoms with Crippen LogP contribution in [0.3, 0.4) is 0 Å². The number of anilines is 1. The number of amides is 1. The fraction of sp³-hybridized carbons (Fsp3) is 0.182. The van der Waals surface area contributed by atoms with Crippen molar-refractivity contribution in [3.8, 4) is 6.07 Å². The van der Waals surface area contributed by atoms with Gasteiger partial charge in [-0.1, -0.05) is 18.2 Å². The van der Waals surface area contributed by atoms with Crippen LogP contribution in [0.15, 0.2) is 29.4 Å². The second-order valence-electron chi connectivity index (χ2n) is 3.74. The molecule has 2 N–H and O–H groups in total. The number of carbonyl (C=O) groups excluding carboxylic acids is 1. The molecule has 0 aliphatic carbocycles. The number of para-hydroxylation sites is 1. The van der Waals surface area contributed by atoms with Gasteiger partial charge in [0.2, 0.25) is 5.90 Å². The van der Waals surface area contributed by atoms with E-state index in [1.165, 1.54) is 0 Å². The zero-order valence-corrected chi connectivity index (χ0v) is 8.73. The first-order valence-corrected chi connectivity index (χ1v) is 5.07. The predicted molar refractivity (Wildman–Crippen MR) is 58.6 cm³/mol. The molecular weight excluding hydrogens is 220 g/mol. The second-order valence-corrected chi connectivity index (χ2v) is 3.74. The number of nitrogens with one attached hydrogen (secondary N) is 2. The average Bonchev–Trinajstić information content (AvgIpc) is 2.86. The zero-order valence-electron chi connectivity index (χ0n) is 8.73. The Bertz CT molecular complexity index is 575. The molecule has 0 bridgehead atoms. The molecule has 3 rings (SSSR count). The van der Waals surface area contributed by atoms with E-state index in [1.54, 1.807) is 12.1 Å². The fourth-order valence-electron chi connectivity index (χ4n) is 1.95. The number of rotatable bonds is 1. The van der Waals surface area contributed by atoms with Gasteiger partial charge in [0.25, 0.3) is 5.91 Å². The third-order valence-corrected chi connectivity index (χ3v) is 2.71. The third-order valence-electron chi connectivity index (χ3n) is 2.71. The lowest BCUT2D eigenvalue weighted by Gasteiger charge is -2.20. The molecule has 6 nitrogen and oxygen atoms in total. The van der Waals surface area contributed by atoms with Gasteiger partial charge in [-0.15, -0.1) is 5.10 Å². The highest BCUT2D eigenvalue weighted by Crippen LogP contribution is 2.38. The van der Waals surface area contributed by atoms with E-state index >= 15 is 0 Å². The summed E-state index contributed by atoms with van der Waals surface area (Å²) in [7, 11) is 0. The number of hydrogen-bond donors (Lipinski definition) is 2. The van der Waals surface area contributed by atoms with Crippen LogP contribution in [0, 0.1) is 11.3 Å². The van der Waals surface area contributed by atoms with Gasteiger partial charge in [-0.25, -0.2) is 0 Å². The first-order chi connectivity index (χ1) is 8.26. The number of nitrogens with zero attached hydrogens (tertiary/aromatic N) is 2. The van der Waals surface area contributed by atoms with E-state index < -0.39 is 5.72 Å².